The van der Waals surface area contributed by atoms with E-state index in [4.69, 9.17) is 0 Å². The SMILES string of the molecule is CCN(CC(F)(F)F)C(=O)C1CNCC(C)C1. The molecule has 1 N–H and O–H groups in total. The average molecular weight is 252 g/mol. The zero-order valence-corrected chi connectivity index (χ0v) is 10.2. The van der Waals surface area contributed by atoms with Crippen LogP contribution in [0.25, 0.3) is 0 Å². The van der Waals surface area contributed by atoms with E-state index in [1.165, 1.54) is 0 Å². The smallest absolute Gasteiger partial charge is 0.334 e. The van der Waals surface area contributed by atoms with Gasteiger partial charge in [0.25, 0.3) is 0 Å². The molecule has 1 heterocycles. The summed E-state index contributed by atoms with van der Waals surface area (Å²) in [5.74, 6) is -0.368. The van der Waals surface area contributed by atoms with Gasteiger partial charge in [0.1, 0.15) is 6.54 Å². The third-order valence-electron chi connectivity index (χ3n) is 2.98. The Kier molecular flexibility index (Phi) is 4.80. The van der Waals surface area contributed by atoms with Gasteiger partial charge in [0.2, 0.25) is 5.91 Å². The molecule has 0 bridgehead atoms. The van der Waals surface area contributed by atoms with Gasteiger partial charge < -0.3 is 10.2 Å². The molecule has 1 aliphatic rings. The Bertz CT molecular complexity index is 268. The third kappa shape index (κ3) is 4.53. The van der Waals surface area contributed by atoms with Crippen molar-refractivity contribution in [2.45, 2.75) is 26.4 Å². The average Bonchev–Trinajstić information content (AvgIpc) is 2.23. The first-order valence-corrected chi connectivity index (χ1v) is 5.89. The van der Waals surface area contributed by atoms with E-state index < -0.39 is 12.7 Å². The Balaban J connectivity index is 2.59. The molecule has 0 saturated carbocycles. The van der Waals surface area contributed by atoms with Crippen LogP contribution >= 0.6 is 0 Å². The molecule has 100 valence electrons. The lowest BCUT2D eigenvalue weighted by Gasteiger charge is -2.31. The van der Waals surface area contributed by atoms with Gasteiger partial charge in [-0.1, -0.05) is 6.92 Å². The molecule has 0 spiro atoms. The lowest BCUT2D eigenvalue weighted by molar-refractivity contribution is -0.163. The van der Waals surface area contributed by atoms with Gasteiger partial charge in [0.15, 0.2) is 0 Å². The quantitative estimate of drug-likeness (QED) is 0.828. The molecule has 0 radical (unpaired) electrons. The van der Waals surface area contributed by atoms with Crippen LogP contribution in [0.4, 0.5) is 13.2 Å². The molecule has 0 aromatic heterocycles. The maximum Gasteiger partial charge on any atom is 0.406 e. The molecule has 1 amide bonds. The Morgan fingerprint density at radius 1 is 1.41 bits per heavy atom. The number of hydrogen-bond donors (Lipinski definition) is 1. The number of halogens is 3. The number of amides is 1. The summed E-state index contributed by atoms with van der Waals surface area (Å²) in [5, 5.41) is 3.08. The van der Waals surface area contributed by atoms with Crippen LogP contribution in [0.2, 0.25) is 0 Å². The van der Waals surface area contributed by atoms with Crippen LogP contribution in [0.1, 0.15) is 20.3 Å². The number of carbonyl (C=O) groups excluding carboxylic acids is 1. The summed E-state index contributed by atoms with van der Waals surface area (Å²) >= 11 is 0. The highest BCUT2D eigenvalue weighted by Crippen LogP contribution is 2.21. The van der Waals surface area contributed by atoms with Crippen LogP contribution in [0.15, 0.2) is 0 Å². The first-order valence-electron chi connectivity index (χ1n) is 5.89. The van der Waals surface area contributed by atoms with Gasteiger partial charge in [0, 0.05) is 13.1 Å². The fourth-order valence-corrected chi connectivity index (χ4v) is 2.16. The minimum absolute atomic E-state index is 0.100. The van der Waals surface area contributed by atoms with Gasteiger partial charge >= 0.3 is 6.18 Å². The summed E-state index contributed by atoms with van der Waals surface area (Å²) in [7, 11) is 0. The standard InChI is InChI=1S/C11H19F3N2O/c1-3-16(7-11(12,13)14)10(17)9-4-8(2)5-15-6-9/h8-9,15H,3-7H2,1-2H3. The Labute approximate surface area is 99.4 Å². The molecule has 3 nitrogen and oxygen atoms in total. The van der Waals surface area contributed by atoms with E-state index in [1.807, 2.05) is 6.92 Å². The molecule has 17 heavy (non-hydrogen) atoms. The second-order valence-corrected chi connectivity index (χ2v) is 4.66. The monoisotopic (exact) mass is 252 g/mol. The number of piperidine rings is 1. The molecule has 1 saturated heterocycles. The van der Waals surface area contributed by atoms with Crippen LogP contribution in [-0.4, -0.2) is 43.2 Å². The second-order valence-electron chi connectivity index (χ2n) is 4.66. The van der Waals surface area contributed by atoms with E-state index in [0.29, 0.717) is 18.9 Å². The second kappa shape index (κ2) is 5.71. The summed E-state index contributed by atoms with van der Waals surface area (Å²) < 4.78 is 36.9. The fraction of sp³-hybridized carbons (Fsp3) is 0.909. The van der Waals surface area contributed by atoms with Gasteiger partial charge in [-0.15, -0.1) is 0 Å². The van der Waals surface area contributed by atoms with Crippen LogP contribution in [0.3, 0.4) is 0 Å². The van der Waals surface area contributed by atoms with Gasteiger partial charge in [-0.2, -0.15) is 13.2 Å². The van der Waals surface area contributed by atoms with E-state index in [-0.39, 0.29) is 18.4 Å². The number of carbonyl (C=O) groups is 1. The van der Waals surface area contributed by atoms with Crippen molar-refractivity contribution in [3.05, 3.63) is 0 Å². The predicted molar refractivity (Wildman–Crippen MR) is 58.4 cm³/mol. The number of alkyl halides is 3. The highest BCUT2D eigenvalue weighted by atomic mass is 19.4. The molecular formula is C11H19F3N2O. The van der Waals surface area contributed by atoms with E-state index >= 15 is 0 Å². The van der Waals surface area contributed by atoms with Crippen LogP contribution in [-0.2, 0) is 4.79 Å². The number of nitrogens with zero attached hydrogens (tertiary/aromatic N) is 1. The Morgan fingerprint density at radius 2 is 2.06 bits per heavy atom. The number of nitrogens with one attached hydrogen (secondary N) is 1. The van der Waals surface area contributed by atoms with Crippen molar-refractivity contribution in [3.8, 4) is 0 Å². The van der Waals surface area contributed by atoms with Gasteiger partial charge in [-0.05, 0) is 25.8 Å². The van der Waals surface area contributed by atoms with Gasteiger partial charge in [-0.3, -0.25) is 4.79 Å². The molecular weight excluding hydrogens is 233 g/mol. The zero-order chi connectivity index (χ0) is 13.1. The highest BCUT2D eigenvalue weighted by Gasteiger charge is 2.35. The summed E-state index contributed by atoms with van der Waals surface area (Å²) in [4.78, 5) is 12.8. The maximum absolute atomic E-state index is 12.3. The number of hydrogen-bond acceptors (Lipinski definition) is 2. The largest absolute Gasteiger partial charge is 0.406 e. The lowest BCUT2D eigenvalue weighted by atomic mass is 9.91. The molecule has 1 rings (SSSR count). The molecule has 0 aromatic rings. The van der Waals surface area contributed by atoms with E-state index in [0.717, 1.165) is 11.4 Å². The highest BCUT2D eigenvalue weighted by molar-refractivity contribution is 5.79. The van der Waals surface area contributed by atoms with E-state index in [9.17, 15) is 18.0 Å². The number of rotatable bonds is 3. The molecule has 1 fully saturated rings. The first kappa shape index (κ1) is 14.3. The zero-order valence-electron chi connectivity index (χ0n) is 10.2. The van der Waals surface area contributed by atoms with Crippen LogP contribution in [0, 0.1) is 11.8 Å². The Hall–Kier alpha value is -0.780. The van der Waals surface area contributed by atoms with Crippen molar-refractivity contribution in [2.75, 3.05) is 26.2 Å². The molecule has 2 atom stereocenters. The molecule has 0 aliphatic carbocycles. The van der Waals surface area contributed by atoms with E-state index in [2.05, 4.69) is 5.32 Å². The predicted octanol–water partition coefficient (Wildman–Crippen LogP) is 1.64. The van der Waals surface area contributed by atoms with Crippen LogP contribution < -0.4 is 5.32 Å². The molecule has 1 aliphatic heterocycles. The summed E-state index contributed by atoms with van der Waals surface area (Å²) in [6, 6.07) is 0. The topological polar surface area (TPSA) is 32.3 Å². The molecule has 6 heteroatoms. The van der Waals surface area contributed by atoms with Crippen LogP contribution in [0.5, 0.6) is 0 Å². The lowest BCUT2D eigenvalue weighted by Crippen LogP contribution is -2.47. The van der Waals surface area contributed by atoms with Crippen molar-refractivity contribution >= 4 is 5.91 Å². The summed E-state index contributed by atoms with van der Waals surface area (Å²) in [5.41, 5.74) is 0. The normalized spacial score (nSPS) is 25.7. The van der Waals surface area contributed by atoms with Crippen molar-refractivity contribution in [1.82, 2.24) is 10.2 Å². The van der Waals surface area contributed by atoms with E-state index in [1.54, 1.807) is 6.92 Å². The van der Waals surface area contributed by atoms with Crippen molar-refractivity contribution < 1.29 is 18.0 Å². The van der Waals surface area contributed by atoms with Crippen molar-refractivity contribution in [2.24, 2.45) is 11.8 Å². The van der Waals surface area contributed by atoms with Crippen molar-refractivity contribution in [1.29, 1.82) is 0 Å². The summed E-state index contributed by atoms with van der Waals surface area (Å²) in [6.45, 7) is 3.83. The fourth-order valence-electron chi connectivity index (χ4n) is 2.16. The Morgan fingerprint density at radius 3 is 2.53 bits per heavy atom. The van der Waals surface area contributed by atoms with Crippen molar-refractivity contribution in [3.63, 3.8) is 0 Å². The maximum atomic E-state index is 12.3. The minimum Gasteiger partial charge on any atom is -0.334 e. The third-order valence-corrected chi connectivity index (χ3v) is 2.98. The van der Waals surface area contributed by atoms with Gasteiger partial charge in [0.05, 0.1) is 5.92 Å². The first-order chi connectivity index (χ1) is 7.83. The van der Waals surface area contributed by atoms with Gasteiger partial charge in [-0.25, -0.2) is 0 Å². The minimum atomic E-state index is -4.32. The molecule has 2 unspecified atom stereocenters. The summed E-state index contributed by atoms with van der Waals surface area (Å²) in [6.07, 6.45) is -3.65. The molecule has 0 aromatic carbocycles.